The number of piperazine rings is 1. The quantitative estimate of drug-likeness (QED) is 0.485. The van der Waals surface area contributed by atoms with E-state index in [1.165, 1.54) is 27.4 Å². The molecule has 38 heavy (non-hydrogen) atoms. The van der Waals surface area contributed by atoms with Gasteiger partial charge in [0, 0.05) is 51.3 Å². The number of rotatable bonds is 5. The van der Waals surface area contributed by atoms with Crippen molar-refractivity contribution in [2.24, 2.45) is 0 Å². The summed E-state index contributed by atoms with van der Waals surface area (Å²) in [7, 11) is -3.93. The van der Waals surface area contributed by atoms with Crippen molar-refractivity contribution in [1.82, 2.24) is 19.3 Å². The first-order valence-electron chi connectivity index (χ1n) is 11.9. The Morgan fingerprint density at radius 1 is 0.895 bits per heavy atom. The summed E-state index contributed by atoms with van der Waals surface area (Å²) in [5, 5.41) is 3.92. The largest absolute Gasteiger partial charge is 0.360 e. The van der Waals surface area contributed by atoms with Crippen molar-refractivity contribution < 1.29 is 35.7 Å². The fourth-order valence-corrected chi connectivity index (χ4v) is 5.97. The SMILES string of the molecule is O=C(Cc1ccc(F)c(F)c1)N1CCN(C(=O)c2noc3c2CN(S(=O)(=O)c2ccc(F)cc2)CC3)CC1. The molecule has 3 aromatic rings. The minimum absolute atomic E-state index is 0.0144. The Hall–Kier alpha value is -3.71. The number of carbonyl (C=O) groups excluding carboxylic acids is 2. The Labute approximate surface area is 216 Å². The summed E-state index contributed by atoms with van der Waals surface area (Å²) in [6.07, 6.45) is 0.128. The maximum absolute atomic E-state index is 13.4. The molecule has 5 rings (SSSR count). The molecule has 9 nitrogen and oxygen atoms in total. The van der Waals surface area contributed by atoms with E-state index in [-0.39, 0.29) is 68.6 Å². The van der Waals surface area contributed by atoms with Crippen LogP contribution in [0.4, 0.5) is 13.2 Å². The van der Waals surface area contributed by atoms with Crippen molar-refractivity contribution in [2.45, 2.75) is 24.3 Å². The van der Waals surface area contributed by atoms with Crippen LogP contribution in [-0.2, 0) is 34.2 Å². The van der Waals surface area contributed by atoms with Crippen LogP contribution < -0.4 is 0 Å². The number of halogens is 3. The second-order valence-corrected chi connectivity index (χ2v) is 11.0. The summed E-state index contributed by atoms with van der Waals surface area (Å²) in [5.74, 6) is -2.85. The lowest BCUT2D eigenvalue weighted by atomic mass is 10.1. The lowest BCUT2D eigenvalue weighted by molar-refractivity contribution is -0.131. The van der Waals surface area contributed by atoms with Crippen molar-refractivity contribution in [1.29, 1.82) is 0 Å². The highest BCUT2D eigenvalue weighted by Gasteiger charge is 2.36. The number of aromatic nitrogens is 1. The smallest absolute Gasteiger partial charge is 0.276 e. The third kappa shape index (κ3) is 5.03. The fraction of sp³-hybridized carbons (Fsp3) is 0.320. The highest BCUT2D eigenvalue weighted by atomic mass is 32.2. The molecule has 0 unspecified atom stereocenters. The van der Waals surface area contributed by atoms with Crippen LogP contribution in [0.5, 0.6) is 0 Å². The van der Waals surface area contributed by atoms with Crippen molar-refractivity contribution in [2.75, 3.05) is 32.7 Å². The van der Waals surface area contributed by atoms with Crippen LogP contribution in [0.15, 0.2) is 51.9 Å². The molecule has 1 saturated heterocycles. The molecule has 0 bridgehead atoms. The van der Waals surface area contributed by atoms with E-state index < -0.39 is 33.4 Å². The van der Waals surface area contributed by atoms with Gasteiger partial charge in [0.25, 0.3) is 5.91 Å². The van der Waals surface area contributed by atoms with Crippen molar-refractivity contribution in [3.63, 3.8) is 0 Å². The first-order valence-corrected chi connectivity index (χ1v) is 13.3. The van der Waals surface area contributed by atoms with E-state index in [0.29, 0.717) is 16.9 Å². The molecular formula is C25H23F3N4O5S. The zero-order chi connectivity index (χ0) is 27.0. The maximum Gasteiger partial charge on any atom is 0.276 e. The molecule has 1 fully saturated rings. The average molecular weight is 549 g/mol. The standard InChI is InChI=1S/C25H23F3N4O5S/c26-17-2-4-18(5-3-17)38(35,36)32-8-7-22-19(15-32)24(29-37-22)25(34)31-11-9-30(10-12-31)23(33)14-16-1-6-20(27)21(28)13-16/h1-6,13H,7-12,14-15H2. The van der Waals surface area contributed by atoms with Crippen molar-refractivity contribution in [3.8, 4) is 0 Å². The van der Waals surface area contributed by atoms with Crippen LogP contribution in [-0.4, -0.2) is 72.2 Å². The molecule has 0 spiro atoms. The van der Waals surface area contributed by atoms with Gasteiger partial charge in [-0.2, -0.15) is 4.31 Å². The van der Waals surface area contributed by atoms with Crippen LogP contribution >= 0.6 is 0 Å². The molecule has 3 heterocycles. The zero-order valence-corrected chi connectivity index (χ0v) is 20.9. The van der Waals surface area contributed by atoms with E-state index in [1.807, 2.05) is 0 Å². The molecule has 2 amide bonds. The van der Waals surface area contributed by atoms with Crippen LogP contribution in [0.3, 0.4) is 0 Å². The van der Waals surface area contributed by atoms with Gasteiger partial charge in [-0.1, -0.05) is 11.2 Å². The molecule has 0 N–H and O–H groups in total. The van der Waals surface area contributed by atoms with Gasteiger partial charge in [0.05, 0.1) is 11.3 Å². The Kier molecular flexibility index (Phi) is 6.97. The van der Waals surface area contributed by atoms with Gasteiger partial charge in [0.15, 0.2) is 17.3 Å². The minimum atomic E-state index is -3.93. The maximum atomic E-state index is 13.4. The van der Waals surface area contributed by atoms with Crippen LogP contribution in [0, 0.1) is 17.5 Å². The molecule has 13 heteroatoms. The van der Waals surface area contributed by atoms with E-state index in [9.17, 15) is 31.2 Å². The first-order chi connectivity index (χ1) is 18.1. The fourth-order valence-electron chi connectivity index (χ4n) is 4.56. The highest BCUT2D eigenvalue weighted by Crippen LogP contribution is 2.28. The second-order valence-electron chi connectivity index (χ2n) is 9.07. The molecule has 2 aromatic carbocycles. The van der Waals surface area contributed by atoms with E-state index in [0.717, 1.165) is 24.3 Å². The second kappa shape index (κ2) is 10.2. The number of carbonyl (C=O) groups is 2. The number of benzene rings is 2. The predicted octanol–water partition coefficient (Wildman–Crippen LogP) is 2.37. The Bertz CT molecular complexity index is 1490. The first kappa shape index (κ1) is 25.9. The number of nitrogens with zero attached hydrogens (tertiary/aromatic N) is 4. The Morgan fingerprint density at radius 3 is 2.26 bits per heavy atom. The van der Waals surface area contributed by atoms with E-state index in [1.54, 1.807) is 4.90 Å². The van der Waals surface area contributed by atoms with Gasteiger partial charge in [-0.25, -0.2) is 21.6 Å². The molecule has 1 aromatic heterocycles. The van der Waals surface area contributed by atoms with Crippen LogP contribution in [0.2, 0.25) is 0 Å². The summed E-state index contributed by atoms with van der Waals surface area (Å²) in [5.41, 5.74) is 0.742. The van der Waals surface area contributed by atoms with Crippen LogP contribution in [0.1, 0.15) is 27.4 Å². The molecule has 0 saturated carbocycles. The van der Waals surface area contributed by atoms with E-state index in [4.69, 9.17) is 4.52 Å². The van der Waals surface area contributed by atoms with Gasteiger partial charge in [-0.15, -0.1) is 0 Å². The number of hydrogen-bond acceptors (Lipinski definition) is 6. The Morgan fingerprint density at radius 2 is 1.58 bits per heavy atom. The minimum Gasteiger partial charge on any atom is -0.360 e. The van der Waals surface area contributed by atoms with Gasteiger partial charge in [0.2, 0.25) is 15.9 Å². The molecule has 0 aliphatic carbocycles. The zero-order valence-electron chi connectivity index (χ0n) is 20.1. The van der Waals surface area contributed by atoms with Gasteiger partial charge >= 0.3 is 0 Å². The van der Waals surface area contributed by atoms with Crippen molar-refractivity contribution in [3.05, 3.63) is 82.5 Å². The topological polar surface area (TPSA) is 104 Å². The van der Waals surface area contributed by atoms with Gasteiger partial charge in [0.1, 0.15) is 11.6 Å². The average Bonchev–Trinajstić information content (AvgIpc) is 3.34. The third-order valence-corrected chi connectivity index (χ3v) is 8.56. The molecular weight excluding hydrogens is 525 g/mol. The molecule has 2 aliphatic rings. The molecule has 200 valence electrons. The predicted molar refractivity (Wildman–Crippen MR) is 127 cm³/mol. The molecule has 0 atom stereocenters. The molecule has 2 aliphatic heterocycles. The summed E-state index contributed by atoms with van der Waals surface area (Å²) in [4.78, 5) is 28.9. The van der Waals surface area contributed by atoms with Crippen molar-refractivity contribution >= 4 is 21.8 Å². The van der Waals surface area contributed by atoms with Gasteiger partial charge in [-0.3, -0.25) is 9.59 Å². The van der Waals surface area contributed by atoms with E-state index >= 15 is 0 Å². The third-order valence-electron chi connectivity index (χ3n) is 6.71. The lowest BCUT2D eigenvalue weighted by Gasteiger charge is -2.34. The number of hydrogen-bond donors (Lipinski definition) is 0. The number of fused-ring (bicyclic) bond motifs is 1. The van der Waals surface area contributed by atoms with E-state index in [2.05, 4.69) is 5.16 Å². The Balaban J connectivity index is 1.23. The number of sulfonamides is 1. The summed E-state index contributed by atoms with van der Waals surface area (Å²) in [6.45, 7) is 0.891. The normalized spacial score (nSPS) is 16.4. The van der Waals surface area contributed by atoms with Gasteiger partial charge < -0.3 is 14.3 Å². The van der Waals surface area contributed by atoms with Gasteiger partial charge in [-0.05, 0) is 42.0 Å². The summed E-state index contributed by atoms with van der Waals surface area (Å²) in [6, 6.07) is 7.82. The summed E-state index contributed by atoms with van der Waals surface area (Å²) < 4.78 is 72.5. The highest BCUT2D eigenvalue weighted by molar-refractivity contribution is 7.89. The summed E-state index contributed by atoms with van der Waals surface area (Å²) >= 11 is 0. The molecule has 0 radical (unpaired) electrons. The monoisotopic (exact) mass is 548 g/mol. The lowest BCUT2D eigenvalue weighted by Crippen LogP contribution is -2.51. The van der Waals surface area contributed by atoms with Crippen LogP contribution in [0.25, 0.3) is 0 Å². The number of amides is 2.